The van der Waals surface area contributed by atoms with Crippen molar-refractivity contribution in [3.63, 3.8) is 0 Å². The fourth-order valence-electron chi connectivity index (χ4n) is 1.44. The normalized spacial score (nSPS) is 12.4. The van der Waals surface area contributed by atoms with Crippen molar-refractivity contribution in [2.24, 2.45) is 0 Å². The molecule has 0 saturated heterocycles. The number of rotatable bonds is 2. The van der Waals surface area contributed by atoms with Gasteiger partial charge in [-0.15, -0.1) is 0 Å². The molecular formula is C12H11NO2S. The minimum atomic E-state index is -0.986. The van der Waals surface area contributed by atoms with Crippen LogP contribution in [-0.2, 0) is 11.2 Å². The first-order valence-electron chi connectivity index (χ1n) is 4.80. The van der Waals surface area contributed by atoms with Crippen LogP contribution in [0, 0.1) is 0 Å². The Morgan fingerprint density at radius 3 is 2.38 bits per heavy atom. The smallest absolute Gasteiger partial charge is 0.255 e. The highest BCUT2D eigenvalue weighted by atomic mass is 32.2. The van der Waals surface area contributed by atoms with E-state index in [1.54, 1.807) is 53.4 Å². The Hall–Kier alpha value is -1.52. The molecule has 0 fully saturated rings. The van der Waals surface area contributed by atoms with Crippen molar-refractivity contribution in [3.8, 4) is 5.69 Å². The third-order valence-corrected chi connectivity index (χ3v) is 3.21. The van der Waals surface area contributed by atoms with Gasteiger partial charge in [0.15, 0.2) is 4.90 Å². The molecule has 0 saturated carbocycles. The van der Waals surface area contributed by atoms with E-state index in [-0.39, 0.29) is 5.56 Å². The first kappa shape index (κ1) is 11.0. The second-order valence-corrected chi connectivity index (χ2v) is 4.74. The van der Waals surface area contributed by atoms with E-state index in [4.69, 9.17) is 0 Å². The standard InChI is InChI=1S/C12H11NO2S/c1-16(15)11-7-5-10(6-8-11)13-9-3-2-4-12(13)14/h2-9H,1H3. The maximum Gasteiger partial charge on any atom is 0.255 e. The van der Waals surface area contributed by atoms with Crippen molar-refractivity contribution in [1.29, 1.82) is 0 Å². The van der Waals surface area contributed by atoms with Crippen LogP contribution in [0.1, 0.15) is 0 Å². The number of aromatic nitrogens is 1. The zero-order valence-corrected chi connectivity index (χ0v) is 9.61. The van der Waals surface area contributed by atoms with Gasteiger partial charge < -0.3 is 4.55 Å². The topological polar surface area (TPSA) is 45.1 Å². The lowest BCUT2D eigenvalue weighted by Crippen LogP contribution is -2.15. The Balaban J connectivity index is 2.43. The minimum Gasteiger partial charge on any atom is -0.612 e. The second-order valence-electron chi connectivity index (χ2n) is 3.36. The summed E-state index contributed by atoms with van der Waals surface area (Å²) in [4.78, 5) is 12.3. The molecule has 0 aliphatic heterocycles. The molecule has 0 N–H and O–H groups in total. The van der Waals surface area contributed by atoms with E-state index in [1.165, 1.54) is 6.07 Å². The molecule has 0 spiro atoms. The molecule has 1 heterocycles. The van der Waals surface area contributed by atoms with Crippen LogP contribution in [0.3, 0.4) is 0 Å². The van der Waals surface area contributed by atoms with Gasteiger partial charge in [-0.3, -0.25) is 9.36 Å². The van der Waals surface area contributed by atoms with Crippen LogP contribution in [0.5, 0.6) is 0 Å². The third-order valence-electron chi connectivity index (χ3n) is 2.27. The molecule has 0 radical (unpaired) electrons. The van der Waals surface area contributed by atoms with Crippen molar-refractivity contribution >= 4 is 11.2 Å². The highest BCUT2D eigenvalue weighted by Gasteiger charge is 2.04. The molecule has 82 valence electrons. The van der Waals surface area contributed by atoms with Gasteiger partial charge in [0.1, 0.15) is 6.26 Å². The average Bonchev–Trinajstić information content (AvgIpc) is 2.30. The molecular weight excluding hydrogens is 222 g/mol. The number of hydrogen-bond donors (Lipinski definition) is 0. The highest BCUT2D eigenvalue weighted by Crippen LogP contribution is 2.12. The zero-order chi connectivity index (χ0) is 11.5. The van der Waals surface area contributed by atoms with Crippen LogP contribution < -0.4 is 5.56 Å². The quantitative estimate of drug-likeness (QED) is 0.739. The number of nitrogens with zero attached hydrogens (tertiary/aromatic N) is 1. The van der Waals surface area contributed by atoms with Crippen molar-refractivity contribution in [3.05, 3.63) is 59.0 Å². The van der Waals surface area contributed by atoms with Gasteiger partial charge in [0.05, 0.1) is 0 Å². The molecule has 0 aliphatic rings. The summed E-state index contributed by atoms with van der Waals surface area (Å²) in [5, 5.41) is 0. The molecule has 3 nitrogen and oxygen atoms in total. The van der Waals surface area contributed by atoms with Gasteiger partial charge in [-0.1, -0.05) is 6.07 Å². The average molecular weight is 233 g/mol. The molecule has 16 heavy (non-hydrogen) atoms. The van der Waals surface area contributed by atoms with Gasteiger partial charge in [0.2, 0.25) is 0 Å². The Labute approximate surface area is 96.5 Å². The predicted octanol–water partition coefficient (Wildman–Crippen LogP) is 1.57. The molecule has 2 aromatic rings. The molecule has 1 aromatic heterocycles. The Bertz CT molecular complexity index is 531. The van der Waals surface area contributed by atoms with Gasteiger partial charge in [-0.25, -0.2) is 0 Å². The van der Waals surface area contributed by atoms with Crippen molar-refractivity contribution in [1.82, 2.24) is 4.57 Å². The molecule has 2 rings (SSSR count). The van der Waals surface area contributed by atoms with Crippen LogP contribution in [0.15, 0.2) is 58.4 Å². The van der Waals surface area contributed by atoms with Gasteiger partial charge in [-0.2, -0.15) is 0 Å². The first-order valence-corrected chi connectivity index (χ1v) is 6.36. The summed E-state index contributed by atoms with van der Waals surface area (Å²) in [5.41, 5.74) is 0.702. The van der Waals surface area contributed by atoms with Gasteiger partial charge >= 0.3 is 0 Å². The van der Waals surface area contributed by atoms with Crippen LogP contribution >= 0.6 is 0 Å². The Morgan fingerprint density at radius 1 is 1.12 bits per heavy atom. The SMILES string of the molecule is C[S+]([O-])c1ccc(-n2ccccc2=O)cc1. The van der Waals surface area contributed by atoms with E-state index < -0.39 is 11.2 Å². The van der Waals surface area contributed by atoms with Gasteiger partial charge in [0, 0.05) is 18.0 Å². The fraction of sp³-hybridized carbons (Fsp3) is 0.0833. The van der Waals surface area contributed by atoms with Crippen LogP contribution in [0.2, 0.25) is 0 Å². The van der Waals surface area contributed by atoms with Crippen LogP contribution in [-0.4, -0.2) is 15.4 Å². The Kier molecular flexibility index (Phi) is 3.12. The van der Waals surface area contributed by atoms with Gasteiger partial charge in [-0.05, 0) is 41.5 Å². The van der Waals surface area contributed by atoms with Crippen LogP contribution in [0.25, 0.3) is 5.69 Å². The zero-order valence-electron chi connectivity index (χ0n) is 8.79. The molecule has 1 aromatic carbocycles. The monoisotopic (exact) mass is 233 g/mol. The summed E-state index contributed by atoms with van der Waals surface area (Å²) in [6.45, 7) is 0. The van der Waals surface area contributed by atoms with Crippen molar-refractivity contribution in [2.45, 2.75) is 4.90 Å². The summed E-state index contributed by atoms with van der Waals surface area (Å²) in [5.74, 6) is 0. The lowest BCUT2D eigenvalue weighted by Gasteiger charge is -2.07. The highest BCUT2D eigenvalue weighted by molar-refractivity contribution is 7.90. The van der Waals surface area contributed by atoms with Crippen LogP contribution in [0.4, 0.5) is 0 Å². The Morgan fingerprint density at radius 2 is 1.81 bits per heavy atom. The summed E-state index contributed by atoms with van der Waals surface area (Å²) >= 11 is -0.986. The number of pyridine rings is 1. The van der Waals surface area contributed by atoms with E-state index in [2.05, 4.69) is 0 Å². The summed E-state index contributed by atoms with van der Waals surface area (Å²) < 4.78 is 12.7. The van der Waals surface area contributed by atoms with Crippen molar-refractivity contribution in [2.75, 3.05) is 6.26 Å². The minimum absolute atomic E-state index is 0.0760. The maximum absolute atomic E-state index is 11.5. The van der Waals surface area contributed by atoms with E-state index in [0.717, 1.165) is 10.6 Å². The number of benzene rings is 1. The lowest BCUT2D eigenvalue weighted by atomic mass is 10.3. The third kappa shape index (κ3) is 2.18. The summed E-state index contributed by atoms with van der Waals surface area (Å²) in [7, 11) is 0. The molecule has 1 unspecified atom stereocenters. The lowest BCUT2D eigenvalue weighted by molar-refractivity contribution is 0.601. The fourth-order valence-corrected chi connectivity index (χ4v) is 1.96. The second kappa shape index (κ2) is 4.55. The molecule has 0 bridgehead atoms. The van der Waals surface area contributed by atoms with E-state index in [1.807, 2.05) is 0 Å². The summed E-state index contributed by atoms with van der Waals surface area (Å²) in [6.07, 6.45) is 3.34. The van der Waals surface area contributed by atoms with Gasteiger partial charge in [0.25, 0.3) is 5.56 Å². The first-order chi connectivity index (χ1) is 7.68. The van der Waals surface area contributed by atoms with E-state index in [0.29, 0.717) is 0 Å². The van der Waals surface area contributed by atoms with Crippen molar-refractivity contribution < 1.29 is 4.55 Å². The summed E-state index contributed by atoms with van der Waals surface area (Å²) in [6, 6.07) is 12.1. The molecule has 0 aliphatic carbocycles. The number of hydrogen-bond acceptors (Lipinski definition) is 2. The maximum atomic E-state index is 11.5. The predicted molar refractivity (Wildman–Crippen MR) is 64.4 cm³/mol. The molecule has 4 heteroatoms. The molecule has 1 atom stereocenters. The molecule has 0 amide bonds. The largest absolute Gasteiger partial charge is 0.612 e. The van der Waals surface area contributed by atoms with E-state index in [9.17, 15) is 9.35 Å². The van der Waals surface area contributed by atoms with E-state index >= 15 is 0 Å².